The van der Waals surface area contributed by atoms with Gasteiger partial charge in [-0.25, -0.2) is 18.0 Å². The third kappa shape index (κ3) is 4.52. The van der Waals surface area contributed by atoms with Crippen LogP contribution in [-0.2, 0) is 26.4 Å². The fourth-order valence-electron chi connectivity index (χ4n) is 4.89. The molecule has 4 amide bonds. The lowest BCUT2D eigenvalue weighted by molar-refractivity contribution is -0.120. The Kier molecular flexibility index (Phi) is 6.36. The van der Waals surface area contributed by atoms with Gasteiger partial charge in [-0.15, -0.1) is 0 Å². The summed E-state index contributed by atoms with van der Waals surface area (Å²) in [4.78, 5) is 38.7. The number of amides is 4. The predicted octanol–water partition coefficient (Wildman–Crippen LogP) is 2.69. The smallest absolute Gasteiger partial charge is 0.409 e. The van der Waals surface area contributed by atoms with Gasteiger partial charge in [-0.2, -0.15) is 5.10 Å². The molecule has 0 unspecified atom stereocenters. The molecule has 11 nitrogen and oxygen atoms in total. The minimum atomic E-state index is -3.54. The first-order valence-corrected chi connectivity index (χ1v) is 13.5. The molecule has 5 rings (SSSR count). The number of nitrogens with one attached hydrogen (secondary N) is 1. The van der Waals surface area contributed by atoms with Crippen LogP contribution in [0.25, 0.3) is 22.0 Å². The van der Waals surface area contributed by atoms with Gasteiger partial charge < -0.3 is 9.64 Å². The van der Waals surface area contributed by atoms with Crippen LogP contribution in [0.4, 0.5) is 15.4 Å². The van der Waals surface area contributed by atoms with Gasteiger partial charge in [-0.05, 0) is 48.2 Å². The van der Waals surface area contributed by atoms with E-state index in [4.69, 9.17) is 4.74 Å². The molecule has 2 fully saturated rings. The summed E-state index contributed by atoms with van der Waals surface area (Å²) in [5.74, 6) is 0.176. The second kappa shape index (κ2) is 9.51. The van der Waals surface area contributed by atoms with E-state index in [9.17, 15) is 22.8 Å². The van der Waals surface area contributed by atoms with Crippen molar-refractivity contribution in [3.8, 4) is 11.1 Å². The molecule has 2 aliphatic rings. The number of carbonyl (C=O) groups excluding carboxylic acids is 3. The van der Waals surface area contributed by atoms with Gasteiger partial charge in [0.15, 0.2) is 15.7 Å². The molecular weight excluding hydrogens is 498 g/mol. The molecule has 37 heavy (non-hydrogen) atoms. The first-order chi connectivity index (χ1) is 17.7. The van der Waals surface area contributed by atoms with Crippen molar-refractivity contribution in [2.24, 2.45) is 7.05 Å². The van der Waals surface area contributed by atoms with Gasteiger partial charge in [0.2, 0.25) is 5.91 Å². The van der Waals surface area contributed by atoms with E-state index in [-0.39, 0.29) is 23.8 Å². The number of likely N-dealkylation sites (tertiary alicyclic amines) is 1. The zero-order valence-corrected chi connectivity index (χ0v) is 21.3. The van der Waals surface area contributed by atoms with Gasteiger partial charge in [-0.3, -0.25) is 19.7 Å². The summed E-state index contributed by atoms with van der Waals surface area (Å²) in [5.41, 5.74) is 2.51. The standard InChI is InChI=1S/C25H27N5O6S/c1-28-21-15-17(5-8-20(21)23(27-28)30-14-11-22(31)26-24(30)32)16-3-6-18(7-4-16)37(34,35)19-9-12-29(13-10-19)25(33)36-2/h3-8,15,19H,9-14H2,1-2H3,(H,26,31,32). The number of anilines is 1. The molecule has 2 aliphatic heterocycles. The number of aryl methyl sites for hydroxylation is 1. The molecular formula is C25H27N5O6S. The van der Waals surface area contributed by atoms with Crippen LogP contribution >= 0.6 is 0 Å². The minimum absolute atomic E-state index is 0.210. The van der Waals surface area contributed by atoms with E-state index in [1.165, 1.54) is 16.9 Å². The van der Waals surface area contributed by atoms with Crippen molar-refractivity contribution in [3.63, 3.8) is 0 Å². The molecule has 194 valence electrons. The maximum Gasteiger partial charge on any atom is 0.409 e. The van der Waals surface area contributed by atoms with E-state index in [2.05, 4.69) is 10.4 Å². The van der Waals surface area contributed by atoms with Gasteiger partial charge >= 0.3 is 12.1 Å². The van der Waals surface area contributed by atoms with Crippen molar-refractivity contribution in [1.82, 2.24) is 20.0 Å². The van der Waals surface area contributed by atoms with Crippen LogP contribution < -0.4 is 10.2 Å². The van der Waals surface area contributed by atoms with E-state index in [1.807, 2.05) is 18.2 Å². The lowest BCUT2D eigenvalue weighted by Crippen LogP contribution is -2.49. The van der Waals surface area contributed by atoms with E-state index >= 15 is 0 Å². The number of nitrogens with zero attached hydrogens (tertiary/aromatic N) is 4. The van der Waals surface area contributed by atoms with Gasteiger partial charge in [0, 0.05) is 38.5 Å². The fraction of sp³-hybridized carbons (Fsp3) is 0.360. The van der Waals surface area contributed by atoms with Gasteiger partial charge in [0.25, 0.3) is 0 Å². The molecule has 0 saturated carbocycles. The predicted molar refractivity (Wildman–Crippen MR) is 136 cm³/mol. The quantitative estimate of drug-likeness (QED) is 0.554. The Bertz CT molecular complexity index is 1490. The van der Waals surface area contributed by atoms with Crippen LogP contribution in [0.2, 0.25) is 0 Å². The van der Waals surface area contributed by atoms with Crippen molar-refractivity contribution in [2.45, 2.75) is 29.4 Å². The molecule has 2 aromatic carbocycles. The summed E-state index contributed by atoms with van der Waals surface area (Å²) in [6, 6.07) is 12.0. The number of imide groups is 1. The van der Waals surface area contributed by atoms with Crippen LogP contribution in [0.5, 0.6) is 0 Å². The Hall–Kier alpha value is -3.93. The van der Waals surface area contributed by atoms with Crippen LogP contribution in [0.1, 0.15) is 19.3 Å². The third-order valence-corrected chi connectivity index (χ3v) is 9.25. The lowest BCUT2D eigenvalue weighted by atomic mass is 10.0. The molecule has 3 heterocycles. The van der Waals surface area contributed by atoms with E-state index in [1.54, 1.807) is 36.0 Å². The fourth-order valence-corrected chi connectivity index (χ4v) is 6.62. The summed E-state index contributed by atoms with van der Waals surface area (Å²) in [6.45, 7) is 0.948. The topological polar surface area (TPSA) is 131 Å². The largest absolute Gasteiger partial charge is 0.453 e. The van der Waals surface area contributed by atoms with Crippen LogP contribution in [0.15, 0.2) is 47.4 Å². The van der Waals surface area contributed by atoms with Gasteiger partial charge in [0.1, 0.15) is 0 Å². The van der Waals surface area contributed by atoms with Crippen LogP contribution in [-0.4, -0.2) is 73.1 Å². The molecule has 0 atom stereocenters. The number of hydrogen-bond donors (Lipinski definition) is 1. The van der Waals surface area contributed by atoms with Crippen molar-refractivity contribution in [2.75, 3.05) is 31.6 Å². The Morgan fingerprint density at radius 3 is 2.35 bits per heavy atom. The number of aromatic nitrogens is 2. The van der Waals surface area contributed by atoms with Crippen molar-refractivity contribution < 1.29 is 27.5 Å². The minimum Gasteiger partial charge on any atom is -0.453 e. The summed E-state index contributed by atoms with van der Waals surface area (Å²) in [6.07, 6.45) is 0.498. The number of rotatable bonds is 4. The number of sulfone groups is 1. The first-order valence-electron chi connectivity index (χ1n) is 11.9. The second-order valence-corrected chi connectivity index (χ2v) is 11.4. The van der Waals surface area contributed by atoms with Crippen molar-refractivity contribution in [1.29, 1.82) is 0 Å². The number of hydrogen-bond acceptors (Lipinski definition) is 7. The highest BCUT2D eigenvalue weighted by atomic mass is 32.2. The Labute approximate surface area is 213 Å². The number of urea groups is 1. The zero-order valence-electron chi connectivity index (χ0n) is 20.5. The summed E-state index contributed by atoms with van der Waals surface area (Å²) in [5, 5.41) is 7.04. The van der Waals surface area contributed by atoms with Crippen molar-refractivity contribution in [3.05, 3.63) is 42.5 Å². The number of piperidine rings is 1. The Morgan fingerprint density at radius 1 is 1.03 bits per heavy atom. The normalized spacial score (nSPS) is 17.2. The summed E-state index contributed by atoms with van der Waals surface area (Å²) >= 11 is 0. The SMILES string of the molecule is COC(=O)N1CCC(S(=O)(=O)c2ccc(-c3ccc4c(N5CCC(=O)NC5=O)nn(C)c4c3)cc2)CC1. The number of carbonyl (C=O) groups is 3. The highest BCUT2D eigenvalue weighted by Gasteiger charge is 2.33. The maximum absolute atomic E-state index is 13.2. The lowest BCUT2D eigenvalue weighted by Gasteiger charge is -2.30. The first kappa shape index (κ1) is 24.8. The van der Waals surface area contributed by atoms with Gasteiger partial charge in [-0.1, -0.05) is 18.2 Å². The van der Waals surface area contributed by atoms with E-state index < -0.39 is 27.2 Å². The Morgan fingerprint density at radius 2 is 1.70 bits per heavy atom. The Balaban J connectivity index is 1.36. The highest BCUT2D eigenvalue weighted by molar-refractivity contribution is 7.92. The molecule has 2 saturated heterocycles. The number of methoxy groups -OCH3 is 1. The van der Waals surface area contributed by atoms with E-state index in [0.29, 0.717) is 31.7 Å². The monoisotopic (exact) mass is 525 g/mol. The van der Waals surface area contributed by atoms with Gasteiger partial charge in [0.05, 0.1) is 22.8 Å². The summed E-state index contributed by atoms with van der Waals surface area (Å²) in [7, 11) is -0.442. The summed E-state index contributed by atoms with van der Waals surface area (Å²) < 4.78 is 32.8. The highest BCUT2D eigenvalue weighted by Crippen LogP contribution is 2.32. The molecule has 0 spiro atoms. The van der Waals surface area contributed by atoms with E-state index in [0.717, 1.165) is 22.0 Å². The molecule has 0 bridgehead atoms. The number of ether oxygens (including phenoxy) is 1. The molecule has 0 radical (unpaired) electrons. The second-order valence-electron chi connectivity index (χ2n) is 9.16. The van der Waals surface area contributed by atoms with Crippen LogP contribution in [0.3, 0.4) is 0 Å². The molecule has 1 aromatic heterocycles. The van der Waals surface area contributed by atoms with Crippen LogP contribution in [0, 0.1) is 0 Å². The maximum atomic E-state index is 13.2. The molecule has 0 aliphatic carbocycles. The molecule has 1 N–H and O–H groups in total. The number of fused-ring (bicyclic) bond motifs is 1. The average molecular weight is 526 g/mol. The molecule has 12 heteroatoms. The van der Waals surface area contributed by atoms with Crippen molar-refractivity contribution >= 4 is 44.6 Å². The average Bonchev–Trinajstić information content (AvgIpc) is 3.23. The third-order valence-electron chi connectivity index (χ3n) is 6.97. The zero-order chi connectivity index (χ0) is 26.3. The number of benzene rings is 2. The molecule has 3 aromatic rings.